The number of carbonyl (C=O) groups is 1. The maximum Gasteiger partial charge on any atom is 0.409 e. The highest BCUT2D eigenvalue weighted by Gasteiger charge is 2.15. The number of hydrogen-bond acceptors (Lipinski definition) is 3. The lowest BCUT2D eigenvalue weighted by Gasteiger charge is -2.00. The van der Waals surface area contributed by atoms with Crippen molar-refractivity contribution in [2.45, 2.75) is 0 Å². The highest BCUT2D eigenvalue weighted by molar-refractivity contribution is 7.19. The number of amides is 1. The second-order valence-electron chi connectivity index (χ2n) is 4.36. The van der Waals surface area contributed by atoms with Crippen molar-refractivity contribution in [1.29, 1.82) is 0 Å². The van der Waals surface area contributed by atoms with Crippen LogP contribution in [0.4, 0.5) is 9.80 Å². The Morgan fingerprint density at radius 3 is 2.10 bits per heavy atom. The first-order chi connectivity index (χ1) is 10.2. The van der Waals surface area contributed by atoms with E-state index in [9.17, 15) is 4.79 Å². The van der Waals surface area contributed by atoms with Crippen LogP contribution in [0.15, 0.2) is 60.7 Å². The molecule has 0 aliphatic carbocycles. The first-order valence-electron chi connectivity index (χ1n) is 6.35. The molecule has 0 spiro atoms. The van der Waals surface area contributed by atoms with Crippen molar-refractivity contribution < 1.29 is 9.90 Å². The molecule has 0 fully saturated rings. The van der Waals surface area contributed by atoms with Gasteiger partial charge in [-0.2, -0.15) is 0 Å². The van der Waals surface area contributed by atoms with E-state index < -0.39 is 6.09 Å². The molecule has 21 heavy (non-hydrogen) atoms. The lowest BCUT2D eigenvalue weighted by atomic mass is 10.1. The Morgan fingerprint density at radius 2 is 1.52 bits per heavy atom. The Kier molecular flexibility index (Phi) is 3.66. The van der Waals surface area contributed by atoms with E-state index in [0.717, 1.165) is 16.1 Å². The molecule has 3 aromatic rings. The van der Waals surface area contributed by atoms with Crippen molar-refractivity contribution in [1.82, 2.24) is 4.98 Å². The molecule has 0 bridgehead atoms. The van der Waals surface area contributed by atoms with Gasteiger partial charge in [0, 0.05) is 11.1 Å². The summed E-state index contributed by atoms with van der Waals surface area (Å²) < 4.78 is 0. The van der Waals surface area contributed by atoms with E-state index in [1.165, 1.54) is 11.3 Å². The van der Waals surface area contributed by atoms with Crippen LogP contribution < -0.4 is 5.32 Å². The zero-order chi connectivity index (χ0) is 14.7. The van der Waals surface area contributed by atoms with E-state index in [1.54, 1.807) is 0 Å². The first kappa shape index (κ1) is 13.3. The van der Waals surface area contributed by atoms with Gasteiger partial charge in [-0.05, 0) is 0 Å². The van der Waals surface area contributed by atoms with E-state index in [0.29, 0.717) is 10.7 Å². The summed E-state index contributed by atoms with van der Waals surface area (Å²) >= 11 is 1.33. The number of nitrogens with zero attached hydrogens (tertiary/aromatic N) is 1. The Morgan fingerprint density at radius 1 is 0.952 bits per heavy atom. The largest absolute Gasteiger partial charge is 0.465 e. The summed E-state index contributed by atoms with van der Waals surface area (Å²) in [4.78, 5) is 15.6. The molecule has 1 aromatic heterocycles. The molecular formula is C16H12N2O2S. The van der Waals surface area contributed by atoms with Crippen LogP contribution in [0.5, 0.6) is 0 Å². The third-order valence-corrected chi connectivity index (χ3v) is 3.94. The number of benzene rings is 2. The molecule has 2 aromatic carbocycles. The Hall–Kier alpha value is -2.66. The summed E-state index contributed by atoms with van der Waals surface area (Å²) in [6, 6.07) is 19.3. The minimum Gasteiger partial charge on any atom is -0.465 e. The lowest BCUT2D eigenvalue weighted by Crippen LogP contribution is -2.06. The molecule has 1 heterocycles. The van der Waals surface area contributed by atoms with E-state index in [2.05, 4.69) is 10.3 Å². The SMILES string of the molecule is O=C(O)Nc1sc(-c2ccccc2)nc1-c1ccccc1. The molecule has 2 N–H and O–H groups in total. The number of rotatable bonds is 3. The van der Waals surface area contributed by atoms with Gasteiger partial charge in [-0.1, -0.05) is 72.0 Å². The Bertz CT molecular complexity index is 754. The van der Waals surface area contributed by atoms with Crippen LogP contribution in [0, 0.1) is 0 Å². The molecule has 104 valence electrons. The van der Waals surface area contributed by atoms with Gasteiger partial charge < -0.3 is 5.11 Å². The molecule has 0 radical (unpaired) electrons. The minimum absolute atomic E-state index is 0.535. The molecule has 0 unspecified atom stereocenters. The van der Waals surface area contributed by atoms with Crippen LogP contribution in [0.25, 0.3) is 21.8 Å². The third-order valence-electron chi connectivity index (χ3n) is 2.92. The lowest BCUT2D eigenvalue weighted by molar-refractivity contribution is 0.210. The average molecular weight is 296 g/mol. The van der Waals surface area contributed by atoms with Crippen LogP contribution >= 0.6 is 11.3 Å². The molecule has 0 saturated carbocycles. The molecule has 0 saturated heterocycles. The molecule has 1 amide bonds. The number of aromatic nitrogens is 1. The highest BCUT2D eigenvalue weighted by atomic mass is 32.1. The van der Waals surface area contributed by atoms with Crippen LogP contribution in [0.3, 0.4) is 0 Å². The van der Waals surface area contributed by atoms with Gasteiger partial charge in [0.05, 0.1) is 0 Å². The zero-order valence-electron chi connectivity index (χ0n) is 11.0. The molecule has 0 atom stereocenters. The summed E-state index contributed by atoms with van der Waals surface area (Å²) in [6.07, 6.45) is -1.09. The fourth-order valence-corrected chi connectivity index (χ4v) is 2.98. The topological polar surface area (TPSA) is 62.2 Å². The minimum atomic E-state index is -1.09. The van der Waals surface area contributed by atoms with E-state index in [-0.39, 0.29) is 0 Å². The van der Waals surface area contributed by atoms with Crippen molar-refractivity contribution in [3.05, 3.63) is 60.7 Å². The predicted octanol–water partition coefficient (Wildman–Crippen LogP) is 4.57. The normalized spacial score (nSPS) is 10.3. The zero-order valence-corrected chi connectivity index (χ0v) is 11.8. The van der Waals surface area contributed by atoms with E-state index >= 15 is 0 Å². The fraction of sp³-hybridized carbons (Fsp3) is 0. The number of carboxylic acid groups (broad SMARTS) is 1. The first-order valence-corrected chi connectivity index (χ1v) is 7.17. The Labute approximate surface area is 125 Å². The van der Waals surface area contributed by atoms with Crippen molar-refractivity contribution in [3.8, 4) is 21.8 Å². The molecule has 3 rings (SSSR count). The van der Waals surface area contributed by atoms with Crippen molar-refractivity contribution in [2.24, 2.45) is 0 Å². The summed E-state index contributed by atoms with van der Waals surface area (Å²) in [5.41, 5.74) is 2.51. The van der Waals surface area contributed by atoms with Crippen molar-refractivity contribution in [3.63, 3.8) is 0 Å². The van der Waals surface area contributed by atoms with Gasteiger partial charge in [0.15, 0.2) is 0 Å². The van der Waals surface area contributed by atoms with Gasteiger partial charge in [0.25, 0.3) is 0 Å². The number of nitrogens with one attached hydrogen (secondary N) is 1. The van der Waals surface area contributed by atoms with Gasteiger partial charge in [-0.15, -0.1) is 0 Å². The highest BCUT2D eigenvalue weighted by Crippen LogP contribution is 2.37. The molecule has 0 aliphatic heterocycles. The second-order valence-corrected chi connectivity index (χ2v) is 5.36. The summed E-state index contributed by atoms with van der Waals surface area (Å²) in [6.45, 7) is 0. The van der Waals surface area contributed by atoms with Crippen molar-refractivity contribution in [2.75, 3.05) is 5.32 Å². The molecule has 0 aliphatic rings. The van der Waals surface area contributed by atoms with Crippen LogP contribution in [0.2, 0.25) is 0 Å². The van der Waals surface area contributed by atoms with Crippen LogP contribution in [-0.2, 0) is 0 Å². The van der Waals surface area contributed by atoms with Gasteiger partial charge in [0.2, 0.25) is 0 Å². The summed E-state index contributed by atoms with van der Waals surface area (Å²) in [5.74, 6) is 0. The maximum atomic E-state index is 11.0. The van der Waals surface area contributed by atoms with E-state index in [4.69, 9.17) is 5.11 Å². The second kappa shape index (κ2) is 5.76. The van der Waals surface area contributed by atoms with E-state index in [1.807, 2.05) is 60.7 Å². The maximum absolute atomic E-state index is 11.0. The van der Waals surface area contributed by atoms with Gasteiger partial charge in [0.1, 0.15) is 15.7 Å². The predicted molar refractivity (Wildman–Crippen MR) is 84.6 cm³/mol. The fourth-order valence-electron chi connectivity index (χ4n) is 2.00. The number of thiazole rings is 1. The van der Waals surface area contributed by atoms with Gasteiger partial charge >= 0.3 is 6.09 Å². The quantitative estimate of drug-likeness (QED) is 0.744. The van der Waals surface area contributed by atoms with Crippen molar-refractivity contribution >= 4 is 22.4 Å². The smallest absolute Gasteiger partial charge is 0.409 e. The number of hydrogen-bond donors (Lipinski definition) is 2. The summed E-state index contributed by atoms with van der Waals surface area (Å²) in [7, 11) is 0. The third kappa shape index (κ3) is 2.93. The monoisotopic (exact) mass is 296 g/mol. The Balaban J connectivity index is 2.10. The van der Waals surface area contributed by atoms with Gasteiger partial charge in [-0.25, -0.2) is 9.78 Å². The number of anilines is 1. The summed E-state index contributed by atoms with van der Waals surface area (Å²) in [5, 5.41) is 12.7. The van der Waals surface area contributed by atoms with Gasteiger partial charge in [-0.3, -0.25) is 5.32 Å². The molecular weight excluding hydrogens is 284 g/mol. The van der Waals surface area contributed by atoms with Crippen LogP contribution in [-0.4, -0.2) is 16.2 Å². The van der Waals surface area contributed by atoms with Crippen LogP contribution in [0.1, 0.15) is 0 Å². The molecule has 5 heteroatoms. The standard InChI is InChI=1S/C16H12N2O2S/c19-16(20)18-15-13(11-7-3-1-4-8-11)17-14(21-15)12-9-5-2-6-10-12/h1-10,18H,(H,19,20). The molecule has 4 nitrogen and oxygen atoms in total. The average Bonchev–Trinajstić information content (AvgIpc) is 2.92.